The van der Waals surface area contributed by atoms with Crippen molar-refractivity contribution in [3.8, 4) is 11.4 Å². The standard InChI is InChI=1S/C14H16FN3/c1-4-12-8-13(16-3)18-14(17-12)10-5-9(2)6-11(15)7-10/h5-8H,4H2,1-3H3,(H,16,17,18). The first kappa shape index (κ1) is 12.5. The summed E-state index contributed by atoms with van der Waals surface area (Å²) in [4.78, 5) is 8.80. The molecular formula is C14H16FN3. The SMILES string of the molecule is CCc1cc(NC)nc(-c2cc(C)cc(F)c2)n1. The average molecular weight is 245 g/mol. The van der Waals surface area contributed by atoms with Gasteiger partial charge >= 0.3 is 0 Å². The van der Waals surface area contributed by atoms with E-state index >= 15 is 0 Å². The Balaban J connectivity index is 2.55. The Morgan fingerprint density at radius 1 is 1.17 bits per heavy atom. The quantitative estimate of drug-likeness (QED) is 0.902. The summed E-state index contributed by atoms with van der Waals surface area (Å²) in [7, 11) is 1.81. The van der Waals surface area contributed by atoms with Crippen LogP contribution in [0.1, 0.15) is 18.2 Å². The van der Waals surface area contributed by atoms with E-state index < -0.39 is 0 Å². The zero-order chi connectivity index (χ0) is 13.1. The lowest BCUT2D eigenvalue weighted by Gasteiger charge is -2.07. The van der Waals surface area contributed by atoms with Crippen LogP contribution in [0.3, 0.4) is 0 Å². The van der Waals surface area contributed by atoms with Gasteiger partial charge in [0.1, 0.15) is 11.6 Å². The fourth-order valence-electron chi connectivity index (χ4n) is 1.80. The fourth-order valence-corrected chi connectivity index (χ4v) is 1.80. The number of hydrogen-bond donors (Lipinski definition) is 1. The Hall–Kier alpha value is -1.97. The minimum Gasteiger partial charge on any atom is -0.373 e. The van der Waals surface area contributed by atoms with Gasteiger partial charge in [0.25, 0.3) is 0 Å². The molecule has 94 valence electrons. The molecule has 0 unspecified atom stereocenters. The van der Waals surface area contributed by atoms with Crippen molar-refractivity contribution in [1.82, 2.24) is 9.97 Å². The van der Waals surface area contributed by atoms with Crippen LogP contribution in [0.4, 0.5) is 10.2 Å². The molecule has 2 rings (SSSR count). The maximum atomic E-state index is 13.4. The minimum absolute atomic E-state index is 0.262. The van der Waals surface area contributed by atoms with Crippen LogP contribution in [0.25, 0.3) is 11.4 Å². The maximum Gasteiger partial charge on any atom is 0.161 e. The van der Waals surface area contributed by atoms with Gasteiger partial charge in [-0.3, -0.25) is 0 Å². The molecule has 3 nitrogen and oxygen atoms in total. The topological polar surface area (TPSA) is 37.8 Å². The van der Waals surface area contributed by atoms with E-state index in [9.17, 15) is 4.39 Å². The summed E-state index contributed by atoms with van der Waals surface area (Å²) in [5.41, 5.74) is 2.51. The molecule has 0 saturated heterocycles. The molecule has 0 aliphatic carbocycles. The predicted octanol–water partition coefficient (Wildman–Crippen LogP) is 3.20. The van der Waals surface area contributed by atoms with Crippen LogP contribution in [-0.4, -0.2) is 17.0 Å². The van der Waals surface area contributed by atoms with E-state index in [1.807, 2.05) is 33.0 Å². The van der Waals surface area contributed by atoms with Gasteiger partial charge in [-0.1, -0.05) is 6.92 Å². The second-order valence-electron chi connectivity index (χ2n) is 4.19. The Morgan fingerprint density at radius 3 is 2.56 bits per heavy atom. The second-order valence-corrected chi connectivity index (χ2v) is 4.19. The summed E-state index contributed by atoms with van der Waals surface area (Å²) < 4.78 is 13.4. The minimum atomic E-state index is -0.262. The molecule has 2 aromatic rings. The van der Waals surface area contributed by atoms with E-state index in [1.165, 1.54) is 12.1 Å². The van der Waals surface area contributed by atoms with Crippen molar-refractivity contribution in [2.45, 2.75) is 20.3 Å². The third kappa shape index (κ3) is 2.64. The molecule has 0 radical (unpaired) electrons. The molecule has 18 heavy (non-hydrogen) atoms. The summed E-state index contributed by atoms with van der Waals surface area (Å²) in [6.45, 7) is 3.89. The number of rotatable bonds is 3. The Kier molecular flexibility index (Phi) is 3.55. The molecule has 0 aliphatic rings. The predicted molar refractivity (Wildman–Crippen MR) is 71.1 cm³/mol. The third-order valence-corrected chi connectivity index (χ3v) is 2.70. The van der Waals surface area contributed by atoms with Crippen molar-refractivity contribution in [1.29, 1.82) is 0 Å². The van der Waals surface area contributed by atoms with Crippen molar-refractivity contribution in [3.63, 3.8) is 0 Å². The highest BCUT2D eigenvalue weighted by Crippen LogP contribution is 2.20. The summed E-state index contributed by atoms with van der Waals surface area (Å²) in [6.07, 6.45) is 0.818. The molecule has 0 fully saturated rings. The van der Waals surface area contributed by atoms with Gasteiger partial charge < -0.3 is 5.32 Å². The molecule has 0 saturated carbocycles. The van der Waals surface area contributed by atoms with Gasteiger partial charge in [-0.15, -0.1) is 0 Å². The lowest BCUT2D eigenvalue weighted by Crippen LogP contribution is -2.00. The molecule has 0 aliphatic heterocycles. The highest BCUT2D eigenvalue weighted by molar-refractivity contribution is 5.58. The van der Waals surface area contributed by atoms with Crippen LogP contribution in [0, 0.1) is 12.7 Å². The summed E-state index contributed by atoms with van der Waals surface area (Å²) in [6, 6.07) is 6.74. The summed E-state index contributed by atoms with van der Waals surface area (Å²) in [5.74, 6) is 1.04. The average Bonchev–Trinajstić information content (AvgIpc) is 2.37. The Morgan fingerprint density at radius 2 is 1.94 bits per heavy atom. The van der Waals surface area contributed by atoms with Gasteiger partial charge in [-0.05, 0) is 37.1 Å². The van der Waals surface area contributed by atoms with Crippen LogP contribution in [0.2, 0.25) is 0 Å². The van der Waals surface area contributed by atoms with E-state index in [1.54, 1.807) is 0 Å². The van der Waals surface area contributed by atoms with Gasteiger partial charge in [0.2, 0.25) is 0 Å². The van der Waals surface area contributed by atoms with E-state index in [0.717, 1.165) is 23.5 Å². The van der Waals surface area contributed by atoms with Crippen molar-refractivity contribution >= 4 is 5.82 Å². The van der Waals surface area contributed by atoms with E-state index in [0.29, 0.717) is 11.4 Å². The van der Waals surface area contributed by atoms with E-state index in [2.05, 4.69) is 15.3 Å². The van der Waals surface area contributed by atoms with Crippen LogP contribution in [0.5, 0.6) is 0 Å². The van der Waals surface area contributed by atoms with Gasteiger partial charge in [0.05, 0.1) is 0 Å². The Labute approximate surface area is 106 Å². The molecule has 0 bridgehead atoms. The number of benzene rings is 1. The number of anilines is 1. The zero-order valence-corrected chi connectivity index (χ0v) is 10.8. The lowest BCUT2D eigenvalue weighted by molar-refractivity contribution is 0.627. The smallest absolute Gasteiger partial charge is 0.161 e. The normalized spacial score (nSPS) is 10.4. The first-order valence-electron chi connectivity index (χ1n) is 5.95. The monoisotopic (exact) mass is 245 g/mol. The molecule has 1 heterocycles. The number of nitrogens with one attached hydrogen (secondary N) is 1. The van der Waals surface area contributed by atoms with Crippen LogP contribution in [0.15, 0.2) is 24.3 Å². The van der Waals surface area contributed by atoms with E-state index in [-0.39, 0.29) is 5.82 Å². The molecule has 1 aromatic heterocycles. The van der Waals surface area contributed by atoms with Crippen molar-refractivity contribution < 1.29 is 4.39 Å². The van der Waals surface area contributed by atoms with Gasteiger partial charge in [-0.2, -0.15) is 0 Å². The summed E-state index contributed by atoms with van der Waals surface area (Å²) >= 11 is 0. The van der Waals surface area contributed by atoms with Crippen molar-refractivity contribution in [2.24, 2.45) is 0 Å². The van der Waals surface area contributed by atoms with Crippen LogP contribution < -0.4 is 5.32 Å². The van der Waals surface area contributed by atoms with Gasteiger partial charge in [0, 0.05) is 24.4 Å². The molecule has 0 amide bonds. The first-order valence-corrected chi connectivity index (χ1v) is 5.95. The summed E-state index contributed by atoms with van der Waals surface area (Å²) in [5, 5.41) is 3.00. The molecular weight excluding hydrogens is 229 g/mol. The number of aryl methyl sites for hydroxylation is 2. The Bertz CT molecular complexity index is 524. The number of halogens is 1. The lowest BCUT2D eigenvalue weighted by atomic mass is 10.1. The van der Waals surface area contributed by atoms with Crippen molar-refractivity contribution in [2.75, 3.05) is 12.4 Å². The second kappa shape index (κ2) is 5.12. The molecule has 0 spiro atoms. The van der Waals surface area contributed by atoms with Crippen LogP contribution in [-0.2, 0) is 6.42 Å². The largest absolute Gasteiger partial charge is 0.373 e. The number of hydrogen-bond acceptors (Lipinski definition) is 3. The maximum absolute atomic E-state index is 13.4. The highest BCUT2D eigenvalue weighted by atomic mass is 19.1. The number of nitrogens with zero attached hydrogens (tertiary/aromatic N) is 2. The molecule has 4 heteroatoms. The third-order valence-electron chi connectivity index (χ3n) is 2.70. The first-order chi connectivity index (χ1) is 8.62. The molecule has 1 aromatic carbocycles. The molecule has 1 N–H and O–H groups in total. The van der Waals surface area contributed by atoms with E-state index in [4.69, 9.17) is 0 Å². The zero-order valence-electron chi connectivity index (χ0n) is 10.8. The van der Waals surface area contributed by atoms with Crippen LogP contribution >= 0.6 is 0 Å². The van der Waals surface area contributed by atoms with Gasteiger partial charge in [-0.25, -0.2) is 14.4 Å². The van der Waals surface area contributed by atoms with Crippen molar-refractivity contribution in [3.05, 3.63) is 41.3 Å². The molecule has 0 atom stereocenters. The van der Waals surface area contributed by atoms with Gasteiger partial charge in [0.15, 0.2) is 5.82 Å². The fraction of sp³-hybridized carbons (Fsp3) is 0.286. The number of aromatic nitrogens is 2. The highest BCUT2D eigenvalue weighted by Gasteiger charge is 2.07.